The van der Waals surface area contributed by atoms with Gasteiger partial charge in [0.1, 0.15) is 0 Å². The maximum absolute atomic E-state index is 5.27. The molecule has 0 unspecified atom stereocenters. The predicted octanol–water partition coefficient (Wildman–Crippen LogP) is 0.701. The minimum Gasteiger partial charge on any atom is -0.424 e. The lowest BCUT2D eigenvalue weighted by molar-refractivity contribution is 0.251. The molecule has 2 heterocycles. The Kier molecular flexibility index (Phi) is 2.95. The monoisotopic (exact) mass is 223 g/mol. The summed E-state index contributed by atoms with van der Waals surface area (Å²) in [5, 5.41) is 15.3. The molecule has 0 spiro atoms. The lowest BCUT2D eigenvalue weighted by atomic mass is 10.5. The van der Waals surface area contributed by atoms with Gasteiger partial charge in [-0.1, -0.05) is 0 Å². The first-order valence-corrected chi connectivity index (χ1v) is 4.90. The molecule has 86 valence electrons. The molecule has 2 aromatic rings. The summed E-state index contributed by atoms with van der Waals surface area (Å²) >= 11 is 0. The van der Waals surface area contributed by atoms with Crippen molar-refractivity contribution >= 4 is 0 Å². The third kappa shape index (κ3) is 2.63. The van der Waals surface area contributed by atoms with Crippen LogP contribution in [0.3, 0.4) is 0 Å². The molecule has 0 aliphatic heterocycles. The van der Waals surface area contributed by atoms with Gasteiger partial charge >= 0.3 is 0 Å². The zero-order valence-electron chi connectivity index (χ0n) is 9.47. The van der Waals surface area contributed by atoms with E-state index in [0.717, 1.165) is 0 Å². The molecule has 0 N–H and O–H groups in total. The molecule has 0 radical (unpaired) electrons. The summed E-state index contributed by atoms with van der Waals surface area (Å²) in [5.74, 6) is 2.29. The van der Waals surface area contributed by atoms with Gasteiger partial charge in [-0.15, -0.1) is 20.4 Å². The van der Waals surface area contributed by atoms with E-state index in [1.54, 1.807) is 13.8 Å². The first kappa shape index (κ1) is 10.7. The number of nitrogens with zero attached hydrogens (tertiary/aromatic N) is 5. The molecule has 0 aliphatic carbocycles. The van der Waals surface area contributed by atoms with Gasteiger partial charge in [-0.25, -0.2) is 0 Å². The maximum atomic E-state index is 5.27. The van der Waals surface area contributed by atoms with Crippen molar-refractivity contribution in [3.63, 3.8) is 0 Å². The normalized spacial score (nSPS) is 11.2. The van der Waals surface area contributed by atoms with E-state index in [9.17, 15) is 0 Å². The van der Waals surface area contributed by atoms with Gasteiger partial charge in [-0.3, -0.25) is 4.90 Å². The van der Waals surface area contributed by atoms with Crippen LogP contribution in [-0.4, -0.2) is 32.3 Å². The molecule has 2 aromatic heterocycles. The highest BCUT2D eigenvalue weighted by Gasteiger charge is 2.10. The van der Waals surface area contributed by atoms with E-state index in [1.807, 2.05) is 11.9 Å². The maximum Gasteiger partial charge on any atom is 0.230 e. The second-order valence-electron chi connectivity index (χ2n) is 3.60. The molecule has 16 heavy (non-hydrogen) atoms. The number of hydrogen-bond acceptors (Lipinski definition) is 7. The summed E-state index contributed by atoms with van der Waals surface area (Å²) in [6, 6.07) is 0. The molecule has 0 amide bonds. The van der Waals surface area contributed by atoms with Gasteiger partial charge in [0.25, 0.3) is 0 Å². The van der Waals surface area contributed by atoms with Crippen LogP contribution in [0, 0.1) is 13.8 Å². The van der Waals surface area contributed by atoms with E-state index in [-0.39, 0.29) is 0 Å². The molecular formula is C9H13N5O2. The topological polar surface area (TPSA) is 81.1 Å². The van der Waals surface area contributed by atoms with Crippen LogP contribution in [0.15, 0.2) is 8.83 Å². The standard InChI is InChI=1S/C9H13N5O2/c1-6-10-12-8(15-6)4-14(3)5-9-13-11-7(2)16-9/h4-5H2,1-3H3. The van der Waals surface area contributed by atoms with Crippen molar-refractivity contribution in [1.29, 1.82) is 0 Å². The van der Waals surface area contributed by atoms with Crippen molar-refractivity contribution in [2.24, 2.45) is 0 Å². The summed E-state index contributed by atoms with van der Waals surface area (Å²) in [6.07, 6.45) is 0. The van der Waals surface area contributed by atoms with Crippen LogP contribution >= 0.6 is 0 Å². The van der Waals surface area contributed by atoms with Crippen molar-refractivity contribution in [2.75, 3.05) is 7.05 Å². The molecule has 2 rings (SSSR count). The summed E-state index contributed by atoms with van der Waals surface area (Å²) < 4.78 is 10.5. The summed E-state index contributed by atoms with van der Waals surface area (Å²) in [7, 11) is 1.92. The minimum absolute atomic E-state index is 0.558. The van der Waals surface area contributed by atoms with Crippen molar-refractivity contribution < 1.29 is 8.83 Å². The van der Waals surface area contributed by atoms with Crippen molar-refractivity contribution in [3.05, 3.63) is 23.6 Å². The molecule has 0 aromatic carbocycles. The number of hydrogen-bond donors (Lipinski definition) is 0. The number of aryl methyl sites for hydroxylation is 2. The minimum atomic E-state index is 0.558. The van der Waals surface area contributed by atoms with E-state index in [1.165, 1.54) is 0 Å². The fraction of sp³-hybridized carbons (Fsp3) is 0.556. The molecular weight excluding hydrogens is 210 g/mol. The Morgan fingerprint density at radius 1 is 0.875 bits per heavy atom. The zero-order chi connectivity index (χ0) is 11.5. The second-order valence-corrected chi connectivity index (χ2v) is 3.60. The van der Waals surface area contributed by atoms with Gasteiger partial charge in [0.15, 0.2) is 0 Å². The molecule has 0 bridgehead atoms. The summed E-state index contributed by atoms with van der Waals surface area (Å²) in [5.41, 5.74) is 0. The quantitative estimate of drug-likeness (QED) is 0.754. The molecule has 0 saturated heterocycles. The van der Waals surface area contributed by atoms with Gasteiger partial charge in [0.2, 0.25) is 23.6 Å². The zero-order valence-corrected chi connectivity index (χ0v) is 9.47. The fourth-order valence-electron chi connectivity index (χ4n) is 1.32. The van der Waals surface area contributed by atoms with Crippen molar-refractivity contribution in [2.45, 2.75) is 26.9 Å². The average Bonchev–Trinajstić information content (AvgIpc) is 2.76. The van der Waals surface area contributed by atoms with Gasteiger partial charge in [0, 0.05) is 13.8 Å². The first-order chi connectivity index (χ1) is 7.63. The summed E-state index contributed by atoms with van der Waals surface area (Å²) in [4.78, 5) is 1.96. The van der Waals surface area contributed by atoms with E-state index < -0.39 is 0 Å². The van der Waals surface area contributed by atoms with Crippen LogP contribution in [0.2, 0.25) is 0 Å². The van der Waals surface area contributed by atoms with Gasteiger partial charge in [-0.05, 0) is 7.05 Å². The molecule has 0 fully saturated rings. The smallest absolute Gasteiger partial charge is 0.230 e. The molecule has 7 nitrogen and oxygen atoms in total. The van der Waals surface area contributed by atoms with E-state index in [4.69, 9.17) is 8.83 Å². The van der Waals surface area contributed by atoms with Crippen LogP contribution in [0.1, 0.15) is 23.6 Å². The number of rotatable bonds is 4. The Hall–Kier alpha value is -1.76. The Balaban J connectivity index is 1.91. The van der Waals surface area contributed by atoms with Crippen LogP contribution < -0.4 is 0 Å². The molecule has 0 atom stereocenters. The van der Waals surface area contributed by atoms with E-state index >= 15 is 0 Å². The Labute approximate surface area is 92.5 Å². The van der Waals surface area contributed by atoms with Crippen LogP contribution in [-0.2, 0) is 13.1 Å². The fourth-order valence-corrected chi connectivity index (χ4v) is 1.32. The molecule has 7 heteroatoms. The SMILES string of the molecule is Cc1nnc(CN(C)Cc2nnc(C)o2)o1. The number of aromatic nitrogens is 4. The van der Waals surface area contributed by atoms with E-state index in [2.05, 4.69) is 20.4 Å². The third-order valence-electron chi connectivity index (χ3n) is 1.95. The van der Waals surface area contributed by atoms with Gasteiger partial charge in [0.05, 0.1) is 13.1 Å². The van der Waals surface area contributed by atoms with Crippen molar-refractivity contribution in [3.8, 4) is 0 Å². The van der Waals surface area contributed by atoms with Gasteiger partial charge in [-0.2, -0.15) is 0 Å². The summed E-state index contributed by atoms with van der Waals surface area (Å²) in [6.45, 7) is 4.64. The Morgan fingerprint density at radius 2 is 1.31 bits per heavy atom. The predicted molar refractivity (Wildman–Crippen MR) is 53.2 cm³/mol. The molecule has 0 saturated carbocycles. The van der Waals surface area contributed by atoms with E-state index in [0.29, 0.717) is 36.7 Å². The van der Waals surface area contributed by atoms with Crippen LogP contribution in [0.5, 0.6) is 0 Å². The first-order valence-electron chi connectivity index (χ1n) is 4.90. The second kappa shape index (κ2) is 4.40. The lowest BCUT2D eigenvalue weighted by Gasteiger charge is -2.10. The highest BCUT2D eigenvalue weighted by Crippen LogP contribution is 2.06. The largest absolute Gasteiger partial charge is 0.424 e. The third-order valence-corrected chi connectivity index (χ3v) is 1.95. The highest BCUT2D eigenvalue weighted by atomic mass is 16.4. The Bertz CT molecular complexity index is 422. The van der Waals surface area contributed by atoms with Gasteiger partial charge < -0.3 is 8.83 Å². The van der Waals surface area contributed by atoms with Crippen LogP contribution in [0.4, 0.5) is 0 Å². The highest BCUT2D eigenvalue weighted by molar-refractivity contribution is 4.82. The van der Waals surface area contributed by atoms with Crippen molar-refractivity contribution in [1.82, 2.24) is 25.3 Å². The Morgan fingerprint density at radius 3 is 1.62 bits per heavy atom. The lowest BCUT2D eigenvalue weighted by Crippen LogP contribution is -2.17. The average molecular weight is 223 g/mol. The molecule has 0 aliphatic rings. The van der Waals surface area contributed by atoms with Crippen LogP contribution in [0.25, 0.3) is 0 Å².